The van der Waals surface area contributed by atoms with Gasteiger partial charge in [0.05, 0.1) is 17.8 Å². The van der Waals surface area contributed by atoms with Gasteiger partial charge in [0.15, 0.2) is 0 Å². The van der Waals surface area contributed by atoms with Gasteiger partial charge in [-0.1, -0.05) is 6.92 Å². The zero-order valence-electron chi connectivity index (χ0n) is 15.7. The zero-order chi connectivity index (χ0) is 19.7. The first-order valence-corrected chi connectivity index (χ1v) is 10.4. The number of nitriles is 1. The van der Waals surface area contributed by atoms with Crippen LogP contribution >= 0.6 is 11.3 Å². The lowest BCUT2D eigenvalue weighted by molar-refractivity contribution is 0.0663. The highest BCUT2D eigenvalue weighted by atomic mass is 32.1. The number of hydrogen-bond donors (Lipinski definition) is 0. The molecule has 0 radical (unpaired) electrons. The predicted octanol–water partition coefficient (Wildman–Crippen LogP) is 3.25. The molecule has 146 valence electrons. The number of nitrogens with zero attached hydrogens (tertiary/aromatic N) is 4. The summed E-state index contributed by atoms with van der Waals surface area (Å²) in [6, 6.07) is 6.05. The van der Waals surface area contributed by atoms with Crippen LogP contribution in [0.25, 0.3) is 5.69 Å². The van der Waals surface area contributed by atoms with Gasteiger partial charge in [-0.05, 0) is 31.4 Å². The van der Waals surface area contributed by atoms with E-state index in [1.54, 1.807) is 5.38 Å². The van der Waals surface area contributed by atoms with Crippen molar-refractivity contribution in [2.45, 2.75) is 38.3 Å². The molecule has 2 saturated heterocycles. The number of likely N-dealkylation sites (tertiary alicyclic amines) is 1. The molecule has 2 aliphatic rings. The number of carbonyl (C=O) groups excluding carboxylic acids is 2. The van der Waals surface area contributed by atoms with Gasteiger partial charge in [0, 0.05) is 36.9 Å². The summed E-state index contributed by atoms with van der Waals surface area (Å²) in [5.41, 5.74) is 1.16. The Bertz CT molecular complexity index is 907. The van der Waals surface area contributed by atoms with Crippen molar-refractivity contribution in [2.24, 2.45) is 0 Å². The van der Waals surface area contributed by atoms with Crippen molar-refractivity contribution in [2.75, 3.05) is 19.6 Å². The van der Waals surface area contributed by atoms with Crippen molar-refractivity contribution in [1.29, 1.82) is 5.26 Å². The van der Waals surface area contributed by atoms with E-state index in [0.29, 0.717) is 35.8 Å². The number of piperidine rings is 1. The minimum atomic E-state index is -0.233. The SMILES string of the molecule is CCC1CN(C2CCN(C(=O)c3scc(C#N)c3-n3cccc3)CC2)C(=O)O1. The van der Waals surface area contributed by atoms with Gasteiger partial charge in [0.2, 0.25) is 0 Å². The maximum atomic E-state index is 13.1. The molecule has 0 bridgehead atoms. The molecule has 8 heteroatoms. The standard InChI is InChI=1S/C20H22N4O3S/c1-2-16-12-24(20(26)27-16)15-5-9-23(10-6-15)19(25)18-17(14(11-21)13-28-18)22-7-3-4-8-22/h3-4,7-8,13,15-16H,2,5-6,9-10,12H2,1H3. The number of aromatic nitrogens is 1. The van der Waals surface area contributed by atoms with Crippen LogP contribution in [-0.4, -0.2) is 58.1 Å². The van der Waals surface area contributed by atoms with Crippen LogP contribution in [0.4, 0.5) is 4.79 Å². The molecule has 4 heterocycles. The third-order valence-corrected chi connectivity index (χ3v) is 6.45. The number of hydrogen-bond acceptors (Lipinski definition) is 5. The van der Waals surface area contributed by atoms with Crippen molar-refractivity contribution in [3.05, 3.63) is 40.3 Å². The zero-order valence-corrected chi connectivity index (χ0v) is 16.5. The van der Waals surface area contributed by atoms with Crippen molar-refractivity contribution in [3.8, 4) is 11.8 Å². The first kappa shape index (κ1) is 18.6. The molecule has 7 nitrogen and oxygen atoms in total. The molecule has 2 aliphatic heterocycles. The Labute approximate surface area is 167 Å². The molecule has 0 N–H and O–H groups in total. The second kappa shape index (κ2) is 7.68. The van der Waals surface area contributed by atoms with Gasteiger partial charge in [-0.15, -0.1) is 11.3 Å². The molecule has 2 aromatic heterocycles. The fourth-order valence-electron chi connectivity index (χ4n) is 3.90. The predicted molar refractivity (Wildman–Crippen MR) is 105 cm³/mol. The molecule has 1 atom stereocenters. The summed E-state index contributed by atoms with van der Waals surface area (Å²) in [6.07, 6.45) is 5.74. The van der Waals surface area contributed by atoms with E-state index in [4.69, 9.17) is 4.74 Å². The van der Waals surface area contributed by atoms with Gasteiger partial charge in [-0.3, -0.25) is 4.79 Å². The highest BCUT2D eigenvalue weighted by Gasteiger charge is 2.37. The third-order valence-electron chi connectivity index (χ3n) is 5.49. The topological polar surface area (TPSA) is 78.6 Å². The van der Waals surface area contributed by atoms with E-state index in [1.165, 1.54) is 11.3 Å². The molecule has 2 fully saturated rings. The molecule has 1 unspecified atom stereocenters. The summed E-state index contributed by atoms with van der Waals surface area (Å²) in [5, 5.41) is 11.2. The fourth-order valence-corrected chi connectivity index (χ4v) is 4.86. The van der Waals surface area contributed by atoms with E-state index in [1.807, 2.05) is 45.8 Å². The van der Waals surface area contributed by atoms with Crippen LogP contribution in [0.2, 0.25) is 0 Å². The molecule has 0 aliphatic carbocycles. The van der Waals surface area contributed by atoms with Gasteiger partial charge < -0.3 is 19.1 Å². The number of rotatable bonds is 4. The molecule has 0 spiro atoms. The van der Waals surface area contributed by atoms with Crippen LogP contribution in [0.15, 0.2) is 29.9 Å². The lowest BCUT2D eigenvalue weighted by atomic mass is 10.0. The second-order valence-corrected chi connectivity index (χ2v) is 8.00. The molecule has 0 saturated carbocycles. The van der Waals surface area contributed by atoms with E-state index < -0.39 is 0 Å². The molecule has 28 heavy (non-hydrogen) atoms. The van der Waals surface area contributed by atoms with Gasteiger partial charge in [-0.2, -0.15) is 5.26 Å². The van der Waals surface area contributed by atoms with Crippen LogP contribution in [0.3, 0.4) is 0 Å². The Morgan fingerprint density at radius 2 is 2.04 bits per heavy atom. The normalized spacial score (nSPS) is 20.3. The van der Waals surface area contributed by atoms with Crippen molar-refractivity contribution < 1.29 is 14.3 Å². The van der Waals surface area contributed by atoms with Crippen LogP contribution in [0.5, 0.6) is 0 Å². The molecule has 0 aromatic carbocycles. The smallest absolute Gasteiger partial charge is 0.410 e. The molecule has 2 amide bonds. The third kappa shape index (κ3) is 3.27. The maximum absolute atomic E-state index is 13.1. The van der Waals surface area contributed by atoms with Crippen molar-refractivity contribution in [3.63, 3.8) is 0 Å². The summed E-state index contributed by atoms with van der Waals surface area (Å²) in [6.45, 7) is 3.84. The lowest BCUT2D eigenvalue weighted by Gasteiger charge is -2.35. The Balaban J connectivity index is 1.46. The summed E-state index contributed by atoms with van der Waals surface area (Å²) in [4.78, 5) is 29.5. The van der Waals surface area contributed by atoms with Gasteiger partial charge in [0.1, 0.15) is 17.1 Å². The number of amides is 2. The highest BCUT2D eigenvalue weighted by Crippen LogP contribution is 2.30. The van der Waals surface area contributed by atoms with Gasteiger partial charge >= 0.3 is 6.09 Å². The minimum absolute atomic E-state index is 0.0215. The summed E-state index contributed by atoms with van der Waals surface area (Å²) >= 11 is 1.31. The highest BCUT2D eigenvalue weighted by molar-refractivity contribution is 7.12. The van der Waals surface area contributed by atoms with Crippen LogP contribution in [0.1, 0.15) is 41.4 Å². The molecular formula is C20H22N4O3S. The first-order chi connectivity index (χ1) is 13.6. The Morgan fingerprint density at radius 1 is 1.32 bits per heavy atom. The largest absolute Gasteiger partial charge is 0.444 e. The van der Waals surface area contributed by atoms with Crippen LogP contribution in [-0.2, 0) is 4.74 Å². The van der Waals surface area contributed by atoms with E-state index in [-0.39, 0.29) is 24.1 Å². The monoisotopic (exact) mass is 398 g/mol. The quantitative estimate of drug-likeness (QED) is 0.792. The maximum Gasteiger partial charge on any atom is 0.410 e. The Kier molecular flexibility index (Phi) is 5.09. The number of ether oxygens (including phenoxy) is 1. The van der Waals surface area contributed by atoms with E-state index in [9.17, 15) is 14.9 Å². The molecular weight excluding hydrogens is 376 g/mol. The van der Waals surface area contributed by atoms with E-state index >= 15 is 0 Å². The summed E-state index contributed by atoms with van der Waals surface area (Å²) in [5.74, 6) is -0.0518. The van der Waals surface area contributed by atoms with Crippen molar-refractivity contribution in [1.82, 2.24) is 14.4 Å². The average Bonchev–Trinajstić information content (AvgIpc) is 3.46. The second-order valence-electron chi connectivity index (χ2n) is 7.12. The average molecular weight is 398 g/mol. The number of thiophene rings is 1. The summed E-state index contributed by atoms with van der Waals surface area (Å²) < 4.78 is 7.19. The Morgan fingerprint density at radius 3 is 2.64 bits per heavy atom. The van der Waals surface area contributed by atoms with Gasteiger partial charge in [0.25, 0.3) is 5.91 Å². The van der Waals surface area contributed by atoms with E-state index in [0.717, 1.165) is 19.3 Å². The Hall–Kier alpha value is -2.79. The first-order valence-electron chi connectivity index (χ1n) is 9.53. The van der Waals surface area contributed by atoms with E-state index in [2.05, 4.69) is 6.07 Å². The lowest BCUT2D eigenvalue weighted by Crippen LogP contribution is -2.47. The van der Waals surface area contributed by atoms with Crippen LogP contribution < -0.4 is 0 Å². The van der Waals surface area contributed by atoms with Crippen molar-refractivity contribution >= 4 is 23.3 Å². The number of cyclic esters (lactones) is 1. The molecule has 4 rings (SSSR count). The van der Waals surface area contributed by atoms with Crippen LogP contribution in [0, 0.1) is 11.3 Å². The fraction of sp³-hybridized carbons (Fsp3) is 0.450. The summed E-state index contributed by atoms with van der Waals surface area (Å²) in [7, 11) is 0. The number of carbonyl (C=O) groups is 2. The minimum Gasteiger partial charge on any atom is -0.444 e. The van der Waals surface area contributed by atoms with Gasteiger partial charge in [-0.25, -0.2) is 4.79 Å². The molecule has 2 aromatic rings.